The van der Waals surface area contributed by atoms with Crippen LogP contribution in [0.3, 0.4) is 0 Å². The summed E-state index contributed by atoms with van der Waals surface area (Å²) < 4.78 is 0. The molecule has 2 aliphatic rings. The van der Waals surface area contributed by atoms with Crippen LogP contribution in [-0.4, -0.2) is 27.6 Å². The lowest BCUT2D eigenvalue weighted by atomic mass is 9.62. The summed E-state index contributed by atoms with van der Waals surface area (Å²) in [5, 5.41) is 19.9. The molecule has 0 saturated heterocycles. The van der Waals surface area contributed by atoms with Crippen molar-refractivity contribution in [1.82, 2.24) is 0 Å². The number of allylic oxidation sites excluding steroid dienone is 2. The third kappa shape index (κ3) is 1.65. The molecular formula is C15H18O5. The topological polar surface area (TPSA) is 91.7 Å². The zero-order chi connectivity index (χ0) is 15.5. The van der Waals surface area contributed by atoms with Crippen LogP contribution < -0.4 is 0 Å². The van der Waals surface area contributed by atoms with Gasteiger partial charge in [0.1, 0.15) is 5.78 Å². The summed E-state index contributed by atoms with van der Waals surface area (Å²) in [7, 11) is 0. The van der Waals surface area contributed by atoms with Crippen LogP contribution in [-0.2, 0) is 14.4 Å². The summed E-state index contributed by atoms with van der Waals surface area (Å²) in [6.07, 6.45) is 0.343. The van der Waals surface area contributed by atoms with Crippen LogP contribution in [0.5, 0.6) is 0 Å². The average molecular weight is 278 g/mol. The minimum absolute atomic E-state index is 0.0242. The van der Waals surface area contributed by atoms with Gasteiger partial charge < -0.3 is 10.2 Å². The molecule has 1 atom stereocenters. The maximum absolute atomic E-state index is 12.3. The Morgan fingerprint density at radius 2 is 1.45 bits per heavy atom. The molecule has 108 valence electrons. The molecule has 0 heterocycles. The molecule has 0 aromatic heterocycles. The van der Waals surface area contributed by atoms with E-state index in [1.165, 1.54) is 6.92 Å². The van der Waals surface area contributed by atoms with Crippen molar-refractivity contribution >= 4 is 17.3 Å². The van der Waals surface area contributed by atoms with E-state index in [1.807, 2.05) is 13.8 Å². The van der Waals surface area contributed by atoms with Crippen LogP contribution in [0.2, 0.25) is 0 Å². The summed E-state index contributed by atoms with van der Waals surface area (Å²) in [6, 6.07) is 0. The van der Waals surface area contributed by atoms with Gasteiger partial charge in [0.25, 0.3) is 0 Å². The van der Waals surface area contributed by atoms with E-state index in [4.69, 9.17) is 0 Å². The highest BCUT2D eigenvalue weighted by Crippen LogP contribution is 2.56. The molecule has 0 aromatic rings. The first kappa shape index (κ1) is 14.5. The largest absolute Gasteiger partial charge is 0.504 e. The summed E-state index contributed by atoms with van der Waals surface area (Å²) in [5.41, 5.74) is -1.84. The molecule has 0 bridgehead atoms. The van der Waals surface area contributed by atoms with Gasteiger partial charge in [0.05, 0.1) is 5.57 Å². The fourth-order valence-corrected chi connectivity index (χ4v) is 3.12. The number of aliphatic hydroxyl groups is 2. The minimum atomic E-state index is -0.963. The number of carbonyl (C=O) groups excluding carboxylic acids is 3. The normalized spacial score (nSPS) is 30.5. The summed E-state index contributed by atoms with van der Waals surface area (Å²) in [5.74, 6) is -2.82. The lowest BCUT2D eigenvalue weighted by Crippen LogP contribution is -2.39. The van der Waals surface area contributed by atoms with E-state index in [2.05, 4.69) is 0 Å². The third-order valence-electron chi connectivity index (χ3n) is 4.83. The number of rotatable bonds is 1. The highest BCUT2D eigenvalue weighted by atomic mass is 16.3. The van der Waals surface area contributed by atoms with Crippen LogP contribution in [0.25, 0.3) is 0 Å². The van der Waals surface area contributed by atoms with Gasteiger partial charge in [0.15, 0.2) is 11.5 Å². The van der Waals surface area contributed by atoms with Crippen molar-refractivity contribution < 1.29 is 24.6 Å². The Kier molecular flexibility index (Phi) is 2.93. The number of Topliss-reactive ketones (excluding diaryl/α,β-unsaturated/α-hetero) is 3. The van der Waals surface area contributed by atoms with Gasteiger partial charge in [-0.15, -0.1) is 0 Å². The lowest BCUT2D eigenvalue weighted by molar-refractivity contribution is -0.121. The average Bonchev–Trinajstić information content (AvgIpc) is 2.53. The Morgan fingerprint density at radius 3 is 1.90 bits per heavy atom. The molecule has 0 spiro atoms. The Morgan fingerprint density at radius 1 is 0.900 bits per heavy atom. The van der Waals surface area contributed by atoms with Gasteiger partial charge in [-0.05, 0) is 12.3 Å². The van der Waals surface area contributed by atoms with Crippen LogP contribution in [0.4, 0.5) is 0 Å². The predicted octanol–water partition coefficient (Wildman–Crippen LogP) is 2.18. The van der Waals surface area contributed by atoms with Crippen LogP contribution in [0.1, 0.15) is 40.5 Å². The zero-order valence-corrected chi connectivity index (χ0v) is 12.0. The highest BCUT2D eigenvalue weighted by Gasteiger charge is 2.56. The molecule has 0 aliphatic heterocycles. The Bertz CT molecular complexity index is 606. The molecule has 0 unspecified atom stereocenters. The second-order valence-corrected chi connectivity index (χ2v) is 6.46. The van der Waals surface area contributed by atoms with Gasteiger partial charge in [-0.1, -0.05) is 20.8 Å². The number of aliphatic hydroxyl groups excluding tert-OH is 2. The first-order chi connectivity index (χ1) is 9.03. The van der Waals surface area contributed by atoms with Crippen molar-refractivity contribution in [1.29, 1.82) is 0 Å². The van der Waals surface area contributed by atoms with E-state index in [9.17, 15) is 24.6 Å². The maximum atomic E-state index is 12.3. The fourth-order valence-electron chi connectivity index (χ4n) is 3.12. The fraction of sp³-hybridized carbons (Fsp3) is 0.533. The number of carbonyl (C=O) groups is 3. The molecule has 0 radical (unpaired) electrons. The smallest absolute Gasteiger partial charge is 0.228 e. The molecule has 2 rings (SSSR count). The molecule has 0 amide bonds. The summed E-state index contributed by atoms with van der Waals surface area (Å²) in [4.78, 5) is 36.0. The first-order valence-electron chi connectivity index (χ1n) is 6.47. The number of hydrogen-bond acceptors (Lipinski definition) is 5. The van der Waals surface area contributed by atoms with E-state index in [1.54, 1.807) is 6.92 Å². The molecule has 20 heavy (non-hydrogen) atoms. The Labute approximate surface area is 117 Å². The van der Waals surface area contributed by atoms with Crippen LogP contribution in [0, 0.1) is 10.8 Å². The monoisotopic (exact) mass is 278 g/mol. The molecule has 1 fully saturated rings. The van der Waals surface area contributed by atoms with Gasteiger partial charge in [0.2, 0.25) is 11.6 Å². The van der Waals surface area contributed by atoms with Crippen LogP contribution in [0.15, 0.2) is 22.7 Å². The number of ketones is 3. The maximum Gasteiger partial charge on any atom is 0.228 e. The molecule has 5 nitrogen and oxygen atoms in total. The molecule has 2 aliphatic carbocycles. The first-order valence-corrected chi connectivity index (χ1v) is 6.47. The summed E-state index contributed by atoms with van der Waals surface area (Å²) in [6.45, 7) is 6.61. The molecule has 0 aromatic carbocycles. The third-order valence-corrected chi connectivity index (χ3v) is 4.83. The predicted molar refractivity (Wildman–Crippen MR) is 71.1 cm³/mol. The van der Waals surface area contributed by atoms with E-state index in [0.717, 1.165) is 0 Å². The molecule has 1 saturated carbocycles. The second-order valence-electron chi connectivity index (χ2n) is 6.46. The summed E-state index contributed by atoms with van der Waals surface area (Å²) >= 11 is 0. The SMILES string of the molecule is CC1=C(O)C(=O)C([C@]2(C)CC(=O)CC2(C)C)=C(O)C1=O. The molecular weight excluding hydrogens is 260 g/mol. The van der Waals surface area contributed by atoms with Gasteiger partial charge in [0, 0.05) is 23.8 Å². The van der Waals surface area contributed by atoms with Gasteiger partial charge >= 0.3 is 0 Å². The van der Waals surface area contributed by atoms with Crippen molar-refractivity contribution in [3.63, 3.8) is 0 Å². The lowest BCUT2D eigenvalue weighted by Gasteiger charge is -2.40. The second kappa shape index (κ2) is 4.04. The Balaban J connectivity index is 2.66. The van der Waals surface area contributed by atoms with Crippen molar-refractivity contribution in [3.8, 4) is 0 Å². The van der Waals surface area contributed by atoms with Crippen LogP contribution >= 0.6 is 0 Å². The number of hydrogen-bond donors (Lipinski definition) is 2. The van der Waals surface area contributed by atoms with Gasteiger partial charge in [-0.2, -0.15) is 0 Å². The standard InChI is InChI=1S/C15H18O5/c1-7-10(17)12(19)9(13(20)11(7)18)15(4)6-8(16)5-14(15,2)3/h17,20H,5-6H2,1-4H3/t15-/m0/s1. The van der Waals surface area contributed by atoms with Crippen molar-refractivity contribution in [2.24, 2.45) is 10.8 Å². The van der Waals surface area contributed by atoms with Gasteiger partial charge in [-0.25, -0.2) is 0 Å². The quantitative estimate of drug-likeness (QED) is 0.717. The van der Waals surface area contributed by atoms with Crippen molar-refractivity contribution in [2.75, 3.05) is 0 Å². The van der Waals surface area contributed by atoms with Crippen molar-refractivity contribution in [2.45, 2.75) is 40.5 Å². The van der Waals surface area contributed by atoms with E-state index >= 15 is 0 Å². The molecule has 5 heteroatoms. The van der Waals surface area contributed by atoms with Gasteiger partial charge in [-0.3, -0.25) is 14.4 Å². The Hall–Kier alpha value is -1.91. The highest BCUT2D eigenvalue weighted by molar-refractivity contribution is 6.23. The van der Waals surface area contributed by atoms with E-state index < -0.39 is 33.9 Å². The van der Waals surface area contributed by atoms with E-state index in [0.29, 0.717) is 0 Å². The molecule has 2 N–H and O–H groups in total. The minimum Gasteiger partial charge on any atom is -0.504 e. The van der Waals surface area contributed by atoms with Crippen molar-refractivity contribution in [3.05, 3.63) is 22.7 Å². The van der Waals surface area contributed by atoms with E-state index in [-0.39, 0.29) is 29.8 Å². The zero-order valence-electron chi connectivity index (χ0n) is 12.0.